The fraction of sp³-hybridized carbons (Fsp3) is 0.0833. The van der Waals surface area contributed by atoms with Crippen LogP contribution >= 0.6 is 11.5 Å². The average molecular weight is 263 g/mol. The summed E-state index contributed by atoms with van der Waals surface area (Å²) in [7, 11) is 1.20. The van der Waals surface area contributed by atoms with Crippen molar-refractivity contribution in [3.05, 3.63) is 40.8 Å². The van der Waals surface area contributed by atoms with Crippen LogP contribution in [0.15, 0.2) is 30.3 Å². The summed E-state index contributed by atoms with van der Waals surface area (Å²) in [5, 5.41) is 9.20. The highest BCUT2D eigenvalue weighted by atomic mass is 32.1. The quantitative estimate of drug-likeness (QED) is 0.860. The number of benzene rings is 1. The van der Waals surface area contributed by atoms with Gasteiger partial charge in [0, 0.05) is 5.56 Å². The number of carboxylic acids is 1. The van der Waals surface area contributed by atoms with Gasteiger partial charge < -0.3 is 9.84 Å². The van der Waals surface area contributed by atoms with Gasteiger partial charge in [0.2, 0.25) is 0 Å². The molecular weight excluding hydrogens is 254 g/mol. The number of hydrogen-bond acceptors (Lipinski definition) is 5. The zero-order chi connectivity index (χ0) is 13.1. The van der Waals surface area contributed by atoms with Gasteiger partial charge in [0.05, 0.1) is 12.8 Å². The highest BCUT2D eigenvalue weighted by Gasteiger charge is 2.26. The highest BCUT2D eigenvalue weighted by molar-refractivity contribution is 7.08. The van der Waals surface area contributed by atoms with Gasteiger partial charge in [0.15, 0.2) is 0 Å². The number of aromatic carboxylic acids is 1. The lowest BCUT2D eigenvalue weighted by Crippen LogP contribution is -2.07. The van der Waals surface area contributed by atoms with Crippen LogP contribution in [0.25, 0.3) is 11.3 Å². The van der Waals surface area contributed by atoms with E-state index in [1.807, 2.05) is 6.07 Å². The molecule has 0 fully saturated rings. The number of aromatic nitrogens is 1. The third-order valence-corrected chi connectivity index (χ3v) is 3.15. The molecule has 0 aliphatic rings. The van der Waals surface area contributed by atoms with Crippen molar-refractivity contribution in [2.45, 2.75) is 0 Å². The molecule has 6 heteroatoms. The van der Waals surface area contributed by atoms with Gasteiger partial charge in [-0.3, -0.25) is 0 Å². The summed E-state index contributed by atoms with van der Waals surface area (Å²) >= 11 is 0.827. The highest BCUT2D eigenvalue weighted by Crippen LogP contribution is 2.28. The Morgan fingerprint density at radius 1 is 1.28 bits per heavy atom. The Bertz CT molecular complexity index is 591. The van der Waals surface area contributed by atoms with Crippen LogP contribution in [0.1, 0.15) is 20.0 Å². The van der Waals surface area contributed by atoms with Crippen molar-refractivity contribution in [2.24, 2.45) is 0 Å². The van der Waals surface area contributed by atoms with Crippen LogP contribution in [0.5, 0.6) is 0 Å². The summed E-state index contributed by atoms with van der Waals surface area (Å²) in [6.07, 6.45) is 0. The molecule has 1 heterocycles. The summed E-state index contributed by atoms with van der Waals surface area (Å²) in [6, 6.07) is 8.85. The molecule has 0 amide bonds. The van der Waals surface area contributed by atoms with E-state index in [1.54, 1.807) is 24.3 Å². The van der Waals surface area contributed by atoms with Crippen LogP contribution in [-0.2, 0) is 4.74 Å². The smallest absolute Gasteiger partial charge is 0.350 e. The predicted octanol–water partition coefficient (Wildman–Crippen LogP) is 2.29. The molecule has 1 N–H and O–H groups in total. The zero-order valence-electron chi connectivity index (χ0n) is 9.41. The Morgan fingerprint density at radius 2 is 1.94 bits per heavy atom. The third-order valence-electron chi connectivity index (χ3n) is 2.32. The molecule has 1 aromatic heterocycles. The van der Waals surface area contributed by atoms with E-state index in [0.29, 0.717) is 5.56 Å². The maximum atomic E-state index is 11.5. The minimum atomic E-state index is -1.19. The lowest BCUT2D eigenvalue weighted by Gasteiger charge is -2.00. The molecule has 2 rings (SSSR count). The van der Waals surface area contributed by atoms with Crippen LogP contribution in [0.3, 0.4) is 0 Å². The normalized spacial score (nSPS) is 10.1. The van der Waals surface area contributed by atoms with Crippen LogP contribution < -0.4 is 0 Å². The van der Waals surface area contributed by atoms with E-state index in [2.05, 4.69) is 9.11 Å². The number of rotatable bonds is 3. The first-order valence-electron chi connectivity index (χ1n) is 5.02. The molecule has 0 saturated heterocycles. The van der Waals surface area contributed by atoms with Crippen molar-refractivity contribution >= 4 is 23.5 Å². The fourth-order valence-electron chi connectivity index (χ4n) is 1.51. The van der Waals surface area contributed by atoms with Crippen LogP contribution in [-0.4, -0.2) is 28.5 Å². The number of ether oxygens (including phenoxy) is 1. The second-order valence-corrected chi connectivity index (χ2v) is 4.17. The van der Waals surface area contributed by atoms with Gasteiger partial charge in [-0.15, -0.1) is 0 Å². The molecule has 0 atom stereocenters. The molecule has 1 aromatic carbocycles. The number of carbonyl (C=O) groups excluding carboxylic acids is 1. The molecule has 18 heavy (non-hydrogen) atoms. The topological polar surface area (TPSA) is 76.5 Å². The van der Waals surface area contributed by atoms with Gasteiger partial charge in [-0.2, -0.15) is 4.37 Å². The second kappa shape index (κ2) is 4.97. The summed E-state index contributed by atoms with van der Waals surface area (Å²) in [4.78, 5) is 22.7. The Labute approximate surface area is 107 Å². The van der Waals surface area contributed by atoms with E-state index in [0.717, 1.165) is 11.5 Å². The van der Waals surface area contributed by atoms with Crippen molar-refractivity contribution < 1.29 is 19.4 Å². The molecule has 0 saturated carbocycles. The van der Waals surface area contributed by atoms with Gasteiger partial charge in [-0.05, 0) is 11.5 Å². The van der Waals surface area contributed by atoms with Gasteiger partial charge in [0.25, 0.3) is 0 Å². The van der Waals surface area contributed by atoms with Crippen molar-refractivity contribution in [1.29, 1.82) is 0 Å². The van der Waals surface area contributed by atoms with Gasteiger partial charge in [-0.25, -0.2) is 9.59 Å². The van der Waals surface area contributed by atoms with Crippen molar-refractivity contribution in [1.82, 2.24) is 4.37 Å². The maximum absolute atomic E-state index is 11.5. The second-order valence-electron chi connectivity index (χ2n) is 3.40. The van der Waals surface area contributed by atoms with E-state index in [1.165, 1.54) is 7.11 Å². The van der Waals surface area contributed by atoms with E-state index in [-0.39, 0.29) is 16.1 Å². The molecule has 2 aromatic rings. The first kappa shape index (κ1) is 12.3. The molecule has 0 unspecified atom stereocenters. The summed E-state index contributed by atoms with van der Waals surface area (Å²) < 4.78 is 8.58. The molecule has 0 spiro atoms. The molecule has 92 valence electrons. The minimum absolute atomic E-state index is 0.00357. The Balaban J connectivity index is 2.60. The average Bonchev–Trinajstić information content (AvgIpc) is 2.83. The summed E-state index contributed by atoms with van der Waals surface area (Å²) in [5.41, 5.74) is 0.827. The molecule has 0 aliphatic carbocycles. The Morgan fingerprint density at radius 3 is 2.50 bits per heavy atom. The molecule has 5 nitrogen and oxygen atoms in total. The van der Waals surface area contributed by atoms with Crippen LogP contribution in [0.2, 0.25) is 0 Å². The number of carbonyl (C=O) groups is 2. The fourth-order valence-corrected chi connectivity index (χ4v) is 2.33. The number of carboxylic acid groups (broad SMARTS) is 1. The van der Waals surface area contributed by atoms with E-state index >= 15 is 0 Å². The third kappa shape index (κ3) is 2.10. The van der Waals surface area contributed by atoms with Crippen molar-refractivity contribution in [2.75, 3.05) is 7.11 Å². The van der Waals surface area contributed by atoms with Crippen molar-refractivity contribution in [3.8, 4) is 11.3 Å². The van der Waals surface area contributed by atoms with E-state index in [9.17, 15) is 14.7 Å². The minimum Gasteiger partial charge on any atom is -0.478 e. The predicted molar refractivity (Wildman–Crippen MR) is 65.8 cm³/mol. The standard InChI is InChI=1S/C12H9NO4S/c1-17-12(16)10-8(11(14)15)9(13-18-10)7-5-3-2-4-6-7/h2-6H,1H3,(H,14,15). The largest absolute Gasteiger partial charge is 0.478 e. The van der Waals surface area contributed by atoms with E-state index in [4.69, 9.17) is 0 Å². The first-order valence-corrected chi connectivity index (χ1v) is 5.79. The van der Waals surface area contributed by atoms with Gasteiger partial charge >= 0.3 is 11.9 Å². The molecule has 0 bridgehead atoms. The molecule has 0 radical (unpaired) electrons. The number of nitrogens with zero attached hydrogens (tertiary/aromatic N) is 1. The summed E-state index contributed by atoms with van der Waals surface area (Å²) in [6.45, 7) is 0. The lowest BCUT2D eigenvalue weighted by atomic mass is 10.1. The van der Waals surface area contributed by atoms with Crippen LogP contribution in [0.4, 0.5) is 0 Å². The number of methoxy groups -OCH3 is 1. The van der Waals surface area contributed by atoms with Gasteiger partial charge in [0.1, 0.15) is 10.4 Å². The van der Waals surface area contributed by atoms with Crippen molar-refractivity contribution in [3.63, 3.8) is 0 Å². The molecular formula is C12H9NO4S. The van der Waals surface area contributed by atoms with E-state index < -0.39 is 11.9 Å². The number of hydrogen-bond donors (Lipinski definition) is 1. The zero-order valence-corrected chi connectivity index (χ0v) is 10.2. The lowest BCUT2D eigenvalue weighted by molar-refractivity contribution is 0.0589. The Kier molecular flexibility index (Phi) is 3.38. The molecule has 0 aliphatic heterocycles. The first-order chi connectivity index (χ1) is 8.65. The van der Waals surface area contributed by atoms with Crippen LogP contribution in [0, 0.1) is 0 Å². The Hall–Kier alpha value is -2.21. The number of esters is 1. The summed E-state index contributed by atoms with van der Waals surface area (Å²) in [5.74, 6) is -1.88. The van der Waals surface area contributed by atoms with Gasteiger partial charge in [-0.1, -0.05) is 30.3 Å². The SMILES string of the molecule is COC(=O)c1snc(-c2ccccc2)c1C(=O)O. The monoisotopic (exact) mass is 263 g/mol. The maximum Gasteiger partial charge on any atom is 0.350 e.